The molecule has 1 atom stereocenters. The smallest absolute Gasteiger partial charge is 0.253 e. The highest BCUT2D eigenvalue weighted by molar-refractivity contribution is 7.46. The van der Waals surface area contributed by atoms with E-state index in [0.717, 1.165) is 0 Å². The number of amides is 1. The monoisotopic (exact) mass is 253 g/mol. The Morgan fingerprint density at radius 1 is 1.29 bits per heavy atom. The summed E-state index contributed by atoms with van der Waals surface area (Å²) in [4.78, 5) is 22.2. The molecule has 0 saturated carbocycles. The van der Waals surface area contributed by atoms with Crippen LogP contribution in [0.3, 0.4) is 0 Å². The van der Waals surface area contributed by atoms with Crippen molar-refractivity contribution in [3.63, 3.8) is 0 Å². The van der Waals surface area contributed by atoms with Gasteiger partial charge in [-0.05, 0) is 5.56 Å². The second kappa shape index (κ2) is 6.89. The average Bonchev–Trinajstić information content (AvgIpc) is 2.38. The molecule has 0 unspecified atom stereocenters. The van der Waals surface area contributed by atoms with Gasteiger partial charge in [0.15, 0.2) is 6.10 Å². The van der Waals surface area contributed by atoms with Crippen molar-refractivity contribution in [2.75, 3.05) is 6.54 Å². The van der Waals surface area contributed by atoms with E-state index in [1.807, 2.05) is 0 Å². The lowest BCUT2D eigenvalue weighted by Crippen LogP contribution is -2.30. The van der Waals surface area contributed by atoms with E-state index in [-0.39, 0.29) is 13.0 Å². The summed E-state index contributed by atoms with van der Waals surface area (Å²) in [6, 6.07) is 8.47. The van der Waals surface area contributed by atoms with E-state index >= 15 is 0 Å². The molecular weight excluding hydrogens is 241 g/mol. The topological polar surface area (TPSA) is 83.5 Å². The summed E-state index contributed by atoms with van der Waals surface area (Å²) >= 11 is 0. The molecular formula is C11H12NO4P. The number of carbonyl (C=O) groups excluding carboxylic acids is 2. The summed E-state index contributed by atoms with van der Waals surface area (Å²) < 4.78 is 10.1. The Morgan fingerprint density at radius 2 is 1.94 bits per heavy atom. The molecule has 0 spiro atoms. The summed E-state index contributed by atoms with van der Waals surface area (Å²) in [6.07, 6.45) is -1.27. The van der Waals surface area contributed by atoms with Gasteiger partial charge in [0, 0.05) is 13.0 Å². The van der Waals surface area contributed by atoms with Crippen LogP contribution in [0.1, 0.15) is 18.1 Å². The number of benzene rings is 1. The number of hydrogen-bond donors (Lipinski definition) is 2. The Hall–Kier alpha value is -1.58. The first-order valence-corrected chi connectivity index (χ1v) is 5.83. The van der Waals surface area contributed by atoms with Gasteiger partial charge in [-0.3, -0.25) is 14.2 Å². The molecule has 0 saturated heterocycles. The van der Waals surface area contributed by atoms with Crippen LogP contribution in [0.25, 0.3) is 0 Å². The van der Waals surface area contributed by atoms with Gasteiger partial charge in [0.25, 0.3) is 5.91 Å². The Morgan fingerprint density at radius 3 is 2.53 bits per heavy atom. The van der Waals surface area contributed by atoms with Crippen LogP contribution < -0.4 is 5.32 Å². The first-order chi connectivity index (χ1) is 8.15. The van der Waals surface area contributed by atoms with E-state index < -0.39 is 26.0 Å². The minimum atomic E-state index is -1.25. The van der Waals surface area contributed by atoms with Crippen molar-refractivity contribution < 1.29 is 19.3 Å². The summed E-state index contributed by atoms with van der Waals surface area (Å²) in [5, 5.41) is 12.0. The molecule has 2 N–H and O–H groups in total. The van der Waals surface area contributed by atoms with Crippen molar-refractivity contribution in [2.45, 2.75) is 12.5 Å². The third-order valence-electron chi connectivity index (χ3n) is 2.10. The number of nitrogens with one attached hydrogen (secondary N) is 1. The van der Waals surface area contributed by atoms with E-state index in [0.29, 0.717) is 5.56 Å². The van der Waals surface area contributed by atoms with Crippen molar-refractivity contribution >= 4 is 19.9 Å². The molecule has 0 fully saturated rings. The number of carbonyl (C=O) groups is 2. The van der Waals surface area contributed by atoms with E-state index in [2.05, 4.69) is 5.32 Å². The average molecular weight is 253 g/mol. The van der Waals surface area contributed by atoms with Crippen LogP contribution in [0.5, 0.6) is 0 Å². The van der Waals surface area contributed by atoms with Crippen molar-refractivity contribution in [1.82, 2.24) is 5.32 Å². The molecule has 6 heteroatoms. The summed E-state index contributed by atoms with van der Waals surface area (Å²) in [5.74, 6) is -0.577. The van der Waals surface area contributed by atoms with Crippen LogP contribution in [-0.2, 0) is 14.2 Å². The van der Waals surface area contributed by atoms with Crippen LogP contribution in [0.2, 0.25) is 0 Å². The maximum absolute atomic E-state index is 11.5. The lowest BCUT2D eigenvalue weighted by molar-refractivity contribution is -0.129. The molecule has 0 aliphatic heterocycles. The van der Waals surface area contributed by atoms with Crippen LogP contribution in [-0.4, -0.2) is 23.1 Å². The van der Waals surface area contributed by atoms with E-state index in [1.165, 1.54) is 0 Å². The SMILES string of the molecule is O=PC(=O)CCNC(=O)[C@@H](O)c1ccccc1. The number of hydrogen-bond acceptors (Lipinski definition) is 4. The molecule has 5 nitrogen and oxygen atoms in total. The largest absolute Gasteiger partial charge is 0.378 e. The van der Waals surface area contributed by atoms with Gasteiger partial charge in [0.1, 0.15) is 0 Å². The van der Waals surface area contributed by atoms with Gasteiger partial charge in [-0.1, -0.05) is 30.3 Å². The maximum atomic E-state index is 11.5. The fourth-order valence-corrected chi connectivity index (χ4v) is 1.42. The molecule has 1 rings (SSSR count). The van der Waals surface area contributed by atoms with Crippen molar-refractivity contribution in [1.29, 1.82) is 0 Å². The molecule has 0 radical (unpaired) electrons. The van der Waals surface area contributed by atoms with E-state index in [4.69, 9.17) is 0 Å². The van der Waals surface area contributed by atoms with Gasteiger partial charge in [-0.25, -0.2) is 0 Å². The number of aliphatic hydroxyl groups excluding tert-OH is 1. The first-order valence-electron chi connectivity index (χ1n) is 5.02. The molecule has 1 aromatic rings. The Labute approximate surface area is 100 Å². The van der Waals surface area contributed by atoms with Crippen LogP contribution in [0.15, 0.2) is 30.3 Å². The lowest BCUT2D eigenvalue weighted by atomic mass is 10.1. The molecule has 0 aliphatic rings. The predicted octanol–water partition coefficient (Wildman–Crippen LogP) is 1.04. The molecule has 1 amide bonds. The minimum absolute atomic E-state index is 0.0156. The summed E-state index contributed by atoms with van der Waals surface area (Å²) in [5.41, 5.74) is -0.00206. The van der Waals surface area contributed by atoms with E-state index in [1.54, 1.807) is 30.3 Å². The highest BCUT2D eigenvalue weighted by Crippen LogP contribution is 2.11. The van der Waals surface area contributed by atoms with Gasteiger partial charge in [-0.15, -0.1) is 0 Å². The first kappa shape index (κ1) is 13.5. The van der Waals surface area contributed by atoms with Gasteiger partial charge in [-0.2, -0.15) is 0 Å². The molecule has 1 aromatic carbocycles. The third-order valence-corrected chi connectivity index (χ3v) is 2.53. The fourth-order valence-electron chi connectivity index (χ4n) is 1.22. The molecule has 0 bridgehead atoms. The molecule has 90 valence electrons. The van der Waals surface area contributed by atoms with Crippen molar-refractivity contribution in [3.05, 3.63) is 35.9 Å². The van der Waals surface area contributed by atoms with Gasteiger partial charge >= 0.3 is 0 Å². The molecule has 17 heavy (non-hydrogen) atoms. The summed E-state index contributed by atoms with van der Waals surface area (Å²) in [7, 11) is -0.561. The molecule has 0 aromatic heterocycles. The Bertz CT molecular complexity index is 407. The van der Waals surface area contributed by atoms with Crippen molar-refractivity contribution in [3.8, 4) is 0 Å². The standard InChI is InChI=1S/C11H12NO4P/c13-9(17-16)6-7-12-11(15)10(14)8-4-2-1-3-5-8/h1-5,10,14H,6-7H2,(H,12,15)/t10-/m0/s1. The highest BCUT2D eigenvalue weighted by atomic mass is 31.1. The second-order valence-corrected chi connectivity index (χ2v) is 4.02. The van der Waals surface area contributed by atoms with Crippen LogP contribution >= 0.6 is 8.46 Å². The zero-order valence-electron chi connectivity index (χ0n) is 9.00. The zero-order chi connectivity index (χ0) is 12.7. The quantitative estimate of drug-likeness (QED) is 0.742. The minimum Gasteiger partial charge on any atom is -0.378 e. The third kappa shape index (κ3) is 4.43. The maximum Gasteiger partial charge on any atom is 0.253 e. The van der Waals surface area contributed by atoms with Gasteiger partial charge in [0.2, 0.25) is 14.0 Å². The van der Waals surface area contributed by atoms with Gasteiger partial charge in [0.05, 0.1) is 0 Å². The van der Waals surface area contributed by atoms with Crippen LogP contribution in [0.4, 0.5) is 0 Å². The van der Waals surface area contributed by atoms with Gasteiger partial charge < -0.3 is 10.4 Å². The lowest BCUT2D eigenvalue weighted by Gasteiger charge is -2.10. The predicted molar refractivity (Wildman–Crippen MR) is 61.6 cm³/mol. The van der Waals surface area contributed by atoms with Crippen molar-refractivity contribution in [2.24, 2.45) is 0 Å². The number of rotatable bonds is 6. The zero-order valence-corrected chi connectivity index (χ0v) is 9.89. The summed E-state index contributed by atoms with van der Waals surface area (Å²) in [6.45, 7) is 0.0663. The molecule has 0 aliphatic carbocycles. The second-order valence-electron chi connectivity index (χ2n) is 3.34. The van der Waals surface area contributed by atoms with E-state index in [9.17, 15) is 19.3 Å². The Balaban J connectivity index is 2.43. The number of aliphatic hydroxyl groups is 1. The Kier molecular flexibility index (Phi) is 5.46. The highest BCUT2D eigenvalue weighted by Gasteiger charge is 2.16. The normalized spacial score (nSPS) is 12.1. The fraction of sp³-hybridized carbons (Fsp3) is 0.273. The van der Waals surface area contributed by atoms with Crippen LogP contribution in [0, 0.1) is 0 Å². The molecule has 0 heterocycles.